The van der Waals surface area contributed by atoms with E-state index in [4.69, 9.17) is 23.2 Å². The standard InChI is InChI=1S/C12H14Cl2O/c1-7-5-9(12(2,3)4)10(13)6-8(7)11(14)15/h5-6H,1-4H3. The van der Waals surface area contributed by atoms with Crippen molar-refractivity contribution in [2.24, 2.45) is 0 Å². The fourth-order valence-corrected chi connectivity index (χ4v) is 2.12. The molecule has 3 heteroatoms. The number of halogens is 2. The Kier molecular flexibility index (Phi) is 3.47. The second-order valence-corrected chi connectivity index (χ2v) is 5.42. The smallest absolute Gasteiger partial charge is 0.252 e. The van der Waals surface area contributed by atoms with Crippen molar-refractivity contribution in [3.63, 3.8) is 0 Å². The second kappa shape index (κ2) is 4.15. The van der Waals surface area contributed by atoms with E-state index >= 15 is 0 Å². The van der Waals surface area contributed by atoms with Crippen LogP contribution in [-0.2, 0) is 5.41 Å². The van der Waals surface area contributed by atoms with E-state index in [0.29, 0.717) is 10.6 Å². The molecule has 0 atom stereocenters. The van der Waals surface area contributed by atoms with Crippen molar-refractivity contribution < 1.29 is 4.79 Å². The fraction of sp³-hybridized carbons (Fsp3) is 0.417. The third-order valence-corrected chi connectivity index (χ3v) is 2.85. The average Bonchev–Trinajstić information content (AvgIpc) is 2.06. The topological polar surface area (TPSA) is 17.1 Å². The minimum Gasteiger partial charge on any atom is -0.276 e. The van der Waals surface area contributed by atoms with Gasteiger partial charge in [-0.3, -0.25) is 4.79 Å². The van der Waals surface area contributed by atoms with Crippen LogP contribution in [0.25, 0.3) is 0 Å². The largest absolute Gasteiger partial charge is 0.276 e. The van der Waals surface area contributed by atoms with Crippen LogP contribution < -0.4 is 0 Å². The number of benzene rings is 1. The molecule has 1 aromatic rings. The Morgan fingerprint density at radius 1 is 1.27 bits per heavy atom. The first-order chi connectivity index (χ1) is 6.73. The van der Waals surface area contributed by atoms with Crippen molar-refractivity contribution in [3.8, 4) is 0 Å². The van der Waals surface area contributed by atoms with E-state index in [0.717, 1.165) is 11.1 Å². The Bertz CT molecular complexity index is 403. The predicted octanol–water partition coefficient (Wildman–Crippen LogP) is 4.32. The van der Waals surface area contributed by atoms with Crippen molar-refractivity contribution >= 4 is 28.4 Å². The molecule has 0 saturated carbocycles. The first-order valence-corrected chi connectivity index (χ1v) is 5.49. The number of hydrogen-bond donors (Lipinski definition) is 0. The molecule has 0 aliphatic carbocycles. The lowest BCUT2D eigenvalue weighted by molar-refractivity contribution is 0.108. The zero-order valence-electron chi connectivity index (χ0n) is 9.32. The van der Waals surface area contributed by atoms with E-state index < -0.39 is 5.24 Å². The van der Waals surface area contributed by atoms with E-state index in [1.54, 1.807) is 6.07 Å². The van der Waals surface area contributed by atoms with Gasteiger partial charge in [-0.2, -0.15) is 0 Å². The minimum atomic E-state index is -0.463. The lowest BCUT2D eigenvalue weighted by Gasteiger charge is -2.21. The van der Waals surface area contributed by atoms with Crippen LogP contribution in [0.1, 0.15) is 42.3 Å². The molecule has 15 heavy (non-hydrogen) atoms. The molecule has 0 unspecified atom stereocenters. The van der Waals surface area contributed by atoms with Gasteiger partial charge < -0.3 is 0 Å². The van der Waals surface area contributed by atoms with Crippen LogP contribution >= 0.6 is 23.2 Å². The van der Waals surface area contributed by atoms with E-state index in [1.807, 2.05) is 13.0 Å². The summed E-state index contributed by atoms with van der Waals surface area (Å²) in [4.78, 5) is 11.1. The quantitative estimate of drug-likeness (QED) is 0.673. The summed E-state index contributed by atoms with van der Waals surface area (Å²) in [5.41, 5.74) is 2.35. The number of aryl methyl sites for hydroxylation is 1. The molecule has 1 nitrogen and oxygen atoms in total. The molecule has 0 aliphatic rings. The summed E-state index contributed by atoms with van der Waals surface area (Å²) in [5, 5.41) is 0.131. The van der Waals surface area contributed by atoms with Crippen molar-refractivity contribution in [1.29, 1.82) is 0 Å². The normalized spacial score (nSPS) is 11.6. The lowest BCUT2D eigenvalue weighted by Crippen LogP contribution is -2.13. The van der Waals surface area contributed by atoms with Crippen molar-refractivity contribution in [2.45, 2.75) is 33.1 Å². The molecule has 0 spiro atoms. The van der Waals surface area contributed by atoms with Gasteiger partial charge in [-0.15, -0.1) is 0 Å². The van der Waals surface area contributed by atoms with Crippen molar-refractivity contribution in [1.82, 2.24) is 0 Å². The Balaban J connectivity index is 3.39. The minimum absolute atomic E-state index is 0.0320. The van der Waals surface area contributed by atoms with Crippen LogP contribution in [0.15, 0.2) is 12.1 Å². The van der Waals surface area contributed by atoms with Crippen LogP contribution in [0.5, 0.6) is 0 Å². The molecule has 0 aromatic heterocycles. The molecule has 0 amide bonds. The molecule has 0 heterocycles. The summed E-state index contributed by atoms with van der Waals surface area (Å²) in [6.45, 7) is 8.10. The molecule has 0 N–H and O–H groups in total. The SMILES string of the molecule is Cc1cc(C(C)(C)C)c(Cl)cc1C(=O)Cl. The Hall–Kier alpha value is -0.530. The summed E-state index contributed by atoms with van der Waals surface area (Å²) in [6.07, 6.45) is 0. The van der Waals surface area contributed by atoms with E-state index in [1.165, 1.54) is 0 Å². The Labute approximate surface area is 100 Å². The monoisotopic (exact) mass is 244 g/mol. The Morgan fingerprint density at radius 3 is 2.20 bits per heavy atom. The Morgan fingerprint density at radius 2 is 1.80 bits per heavy atom. The lowest BCUT2D eigenvalue weighted by atomic mass is 9.85. The van der Waals surface area contributed by atoms with Gasteiger partial charge in [0, 0.05) is 10.6 Å². The summed E-state index contributed by atoms with van der Waals surface area (Å²) in [5.74, 6) is 0. The van der Waals surface area contributed by atoms with Crippen molar-refractivity contribution in [2.75, 3.05) is 0 Å². The highest BCUT2D eigenvalue weighted by Crippen LogP contribution is 2.32. The molecule has 1 aromatic carbocycles. The third-order valence-electron chi connectivity index (χ3n) is 2.33. The zero-order chi connectivity index (χ0) is 11.8. The number of carbonyl (C=O) groups is 1. The molecule has 0 saturated heterocycles. The molecule has 0 bridgehead atoms. The first-order valence-electron chi connectivity index (χ1n) is 4.74. The zero-order valence-corrected chi connectivity index (χ0v) is 10.8. The van der Waals surface area contributed by atoms with Crippen LogP contribution in [-0.4, -0.2) is 5.24 Å². The highest BCUT2D eigenvalue weighted by Gasteiger charge is 2.19. The van der Waals surface area contributed by atoms with Crippen molar-refractivity contribution in [3.05, 3.63) is 33.8 Å². The van der Waals surface area contributed by atoms with E-state index in [9.17, 15) is 4.79 Å². The van der Waals surface area contributed by atoms with Crippen LogP contribution in [0.3, 0.4) is 0 Å². The third kappa shape index (κ3) is 2.73. The summed E-state index contributed by atoms with van der Waals surface area (Å²) in [6, 6.07) is 3.57. The van der Waals surface area contributed by atoms with Gasteiger partial charge in [0.15, 0.2) is 0 Å². The molecular formula is C12H14Cl2O. The second-order valence-electron chi connectivity index (χ2n) is 4.67. The van der Waals surface area contributed by atoms with Gasteiger partial charge >= 0.3 is 0 Å². The highest BCUT2D eigenvalue weighted by atomic mass is 35.5. The number of carbonyl (C=O) groups excluding carboxylic acids is 1. The molecule has 82 valence electrons. The molecule has 0 fully saturated rings. The maximum absolute atomic E-state index is 11.1. The highest BCUT2D eigenvalue weighted by molar-refractivity contribution is 6.68. The van der Waals surface area contributed by atoms with E-state index in [-0.39, 0.29) is 5.41 Å². The maximum Gasteiger partial charge on any atom is 0.252 e. The maximum atomic E-state index is 11.1. The summed E-state index contributed by atoms with van der Waals surface area (Å²) in [7, 11) is 0. The average molecular weight is 245 g/mol. The molecule has 1 rings (SSSR count). The van der Waals surface area contributed by atoms with Gasteiger partial charge in [0.2, 0.25) is 0 Å². The van der Waals surface area contributed by atoms with Gasteiger partial charge in [-0.1, -0.05) is 38.4 Å². The predicted molar refractivity (Wildman–Crippen MR) is 65.1 cm³/mol. The van der Waals surface area contributed by atoms with Gasteiger partial charge in [0.25, 0.3) is 5.24 Å². The molecular weight excluding hydrogens is 231 g/mol. The first kappa shape index (κ1) is 12.5. The van der Waals surface area contributed by atoms with Gasteiger partial charge in [0.05, 0.1) is 0 Å². The van der Waals surface area contributed by atoms with Gasteiger partial charge in [-0.05, 0) is 41.1 Å². The molecule has 0 radical (unpaired) electrons. The van der Waals surface area contributed by atoms with E-state index in [2.05, 4.69) is 20.8 Å². The summed E-state index contributed by atoms with van der Waals surface area (Å²) >= 11 is 11.6. The summed E-state index contributed by atoms with van der Waals surface area (Å²) < 4.78 is 0. The number of rotatable bonds is 1. The van der Waals surface area contributed by atoms with Gasteiger partial charge in [-0.25, -0.2) is 0 Å². The molecule has 0 aliphatic heterocycles. The van der Waals surface area contributed by atoms with Gasteiger partial charge in [0.1, 0.15) is 0 Å². The fourth-order valence-electron chi connectivity index (χ4n) is 1.47. The van der Waals surface area contributed by atoms with Crippen LogP contribution in [0, 0.1) is 6.92 Å². The number of hydrogen-bond acceptors (Lipinski definition) is 1. The van der Waals surface area contributed by atoms with Crippen LogP contribution in [0.2, 0.25) is 5.02 Å². The van der Waals surface area contributed by atoms with Crippen LogP contribution in [0.4, 0.5) is 0 Å².